The van der Waals surface area contributed by atoms with Crippen LogP contribution in [0.5, 0.6) is 0 Å². The SMILES string of the molecule is CCC(=O)Nc1ccc(N2C(=S)N[C@@H](c3ccccn3)[C@@H]2c2cccn2-c2ccc(N(C)C)cc2)cc1C. The molecule has 0 aliphatic carbocycles. The number of nitrogens with zero attached hydrogens (tertiary/aromatic N) is 4. The number of anilines is 3. The second-order valence-electron chi connectivity index (χ2n) is 9.61. The standard InChI is InChI=1S/C30H32N6OS/c1-5-27(37)32-24-16-15-23(19-20(24)2)36-29(28(33-30(36)38)25-9-6-7-17-31-25)26-10-8-18-35(26)22-13-11-21(12-14-22)34(3)4/h6-19,28-29H,5H2,1-4H3,(H,32,37)(H,33,38)/t28-,29-/m0/s1. The Labute approximate surface area is 229 Å². The summed E-state index contributed by atoms with van der Waals surface area (Å²) in [5.41, 5.74) is 6.95. The lowest BCUT2D eigenvalue weighted by Gasteiger charge is -2.29. The number of hydrogen-bond donors (Lipinski definition) is 2. The summed E-state index contributed by atoms with van der Waals surface area (Å²) in [6.45, 7) is 3.85. The molecular formula is C30H32N6OS. The molecule has 1 aliphatic heterocycles. The van der Waals surface area contributed by atoms with Crippen LogP contribution in [0.3, 0.4) is 0 Å². The summed E-state index contributed by atoms with van der Waals surface area (Å²) in [5.74, 6) is -0.00887. The number of hydrogen-bond acceptors (Lipinski definition) is 4. The van der Waals surface area contributed by atoms with E-state index in [4.69, 9.17) is 12.2 Å². The van der Waals surface area contributed by atoms with Gasteiger partial charge in [-0.05, 0) is 91.4 Å². The molecule has 2 N–H and O–H groups in total. The van der Waals surface area contributed by atoms with Gasteiger partial charge in [0, 0.05) is 61.4 Å². The number of amides is 1. The first-order valence-electron chi connectivity index (χ1n) is 12.7. The molecule has 0 bridgehead atoms. The van der Waals surface area contributed by atoms with Crippen LogP contribution >= 0.6 is 12.2 Å². The number of rotatable bonds is 7. The maximum absolute atomic E-state index is 12.0. The van der Waals surface area contributed by atoms with Crippen molar-refractivity contribution in [3.8, 4) is 5.69 Å². The van der Waals surface area contributed by atoms with Crippen LogP contribution in [-0.2, 0) is 4.79 Å². The minimum absolute atomic E-state index is 0.00887. The number of benzene rings is 2. The smallest absolute Gasteiger partial charge is 0.224 e. The quantitative estimate of drug-likeness (QED) is 0.299. The molecule has 2 aromatic carbocycles. The maximum Gasteiger partial charge on any atom is 0.224 e. The van der Waals surface area contributed by atoms with Gasteiger partial charge < -0.3 is 25.0 Å². The summed E-state index contributed by atoms with van der Waals surface area (Å²) in [6, 6.07) is 24.4. The van der Waals surface area contributed by atoms with Crippen molar-refractivity contribution >= 4 is 40.3 Å². The van der Waals surface area contributed by atoms with Crippen LogP contribution in [0.4, 0.5) is 17.1 Å². The third kappa shape index (κ3) is 4.87. The van der Waals surface area contributed by atoms with Gasteiger partial charge in [0.2, 0.25) is 5.91 Å². The first-order valence-corrected chi connectivity index (χ1v) is 13.1. The van der Waals surface area contributed by atoms with Gasteiger partial charge in [0.25, 0.3) is 0 Å². The first kappa shape index (κ1) is 25.5. The zero-order chi connectivity index (χ0) is 26.8. The van der Waals surface area contributed by atoms with E-state index >= 15 is 0 Å². The number of aryl methyl sites for hydroxylation is 1. The van der Waals surface area contributed by atoms with E-state index in [1.54, 1.807) is 0 Å². The molecule has 3 heterocycles. The van der Waals surface area contributed by atoms with Crippen molar-refractivity contribution in [2.45, 2.75) is 32.4 Å². The Hall–Kier alpha value is -4.17. The Kier molecular flexibility index (Phi) is 7.15. The highest BCUT2D eigenvalue weighted by atomic mass is 32.1. The number of carbonyl (C=O) groups excluding carboxylic acids is 1. The van der Waals surface area contributed by atoms with Crippen molar-refractivity contribution in [3.63, 3.8) is 0 Å². The van der Waals surface area contributed by atoms with Crippen molar-refractivity contribution in [2.75, 3.05) is 29.2 Å². The average molecular weight is 525 g/mol. The fourth-order valence-electron chi connectivity index (χ4n) is 4.89. The fraction of sp³-hybridized carbons (Fsp3) is 0.233. The Morgan fingerprint density at radius 1 is 1.05 bits per heavy atom. The van der Waals surface area contributed by atoms with Gasteiger partial charge in [-0.3, -0.25) is 9.78 Å². The largest absolute Gasteiger partial charge is 0.378 e. The highest BCUT2D eigenvalue weighted by molar-refractivity contribution is 7.80. The van der Waals surface area contributed by atoms with E-state index < -0.39 is 0 Å². The first-order chi connectivity index (χ1) is 18.4. The number of carbonyl (C=O) groups is 1. The molecule has 38 heavy (non-hydrogen) atoms. The van der Waals surface area contributed by atoms with Crippen LogP contribution < -0.4 is 20.4 Å². The number of aromatic nitrogens is 2. The molecule has 2 aromatic heterocycles. The summed E-state index contributed by atoms with van der Waals surface area (Å²) < 4.78 is 2.21. The van der Waals surface area contributed by atoms with E-state index in [-0.39, 0.29) is 18.0 Å². The van der Waals surface area contributed by atoms with E-state index in [9.17, 15) is 4.79 Å². The number of pyridine rings is 1. The van der Waals surface area contributed by atoms with Crippen molar-refractivity contribution in [1.29, 1.82) is 0 Å². The molecule has 7 nitrogen and oxygen atoms in total. The predicted molar refractivity (Wildman–Crippen MR) is 158 cm³/mol. The second kappa shape index (κ2) is 10.7. The molecule has 1 aliphatic rings. The van der Waals surface area contributed by atoms with Crippen LogP contribution in [0.15, 0.2) is 85.2 Å². The van der Waals surface area contributed by atoms with Gasteiger partial charge in [-0.2, -0.15) is 0 Å². The van der Waals surface area contributed by atoms with E-state index in [1.165, 1.54) is 0 Å². The molecule has 194 valence electrons. The summed E-state index contributed by atoms with van der Waals surface area (Å²) >= 11 is 5.92. The van der Waals surface area contributed by atoms with Gasteiger partial charge >= 0.3 is 0 Å². The third-order valence-electron chi connectivity index (χ3n) is 6.91. The van der Waals surface area contributed by atoms with Crippen LogP contribution in [0.25, 0.3) is 5.69 Å². The molecule has 5 rings (SSSR count). The average Bonchev–Trinajstić information content (AvgIpc) is 3.54. The van der Waals surface area contributed by atoms with Crippen molar-refractivity contribution in [3.05, 3.63) is 102 Å². The predicted octanol–water partition coefficient (Wildman–Crippen LogP) is 5.77. The van der Waals surface area contributed by atoms with Gasteiger partial charge in [-0.25, -0.2) is 0 Å². The molecule has 1 saturated heterocycles. The Bertz CT molecular complexity index is 1450. The highest BCUT2D eigenvalue weighted by Gasteiger charge is 2.42. The second-order valence-corrected chi connectivity index (χ2v) is 10.00. The zero-order valence-electron chi connectivity index (χ0n) is 22.1. The van der Waals surface area contributed by atoms with E-state index in [2.05, 4.69) is 78.6 Å². The van der Waals surface area contributed by atoms with Crippen LogP contribution in [0.2, 0.25) is 0 Å². The van der Waals surface area contributed by atoms with Crippen LogP contribution in [-0.4, -0.2) is 34.7 Å². The summed E-state index contributed by atoms with van der Waals surface area (Å²) in [4.78, 5) is 20.9. The van der Waals surface area contributed by atoms with Crippen molar-refractivity contribution in [1.82, 2.24) is 14.9 Å². The molecule has 0 saturated carbocycles. The van der Waals surface area contributed by atoms with Gasteiger partial charge in [-0.1, -0.05) is 13.0 Å². The molecule has 4 aromatic rings. The number of nitrogens with one attached hydrogen (secondary N) is 2. The van der Waals surface area contributed by atoms with E-state index in [0.717, 1.165) is 39.7 Å². The molecule has 1 amide bonds. The molecule has 0 unspecified atom stereocenters. The molecule has 1 fully saturated rings. The third-order valence-corrected chi connectivity index (χ3v) is 7.22. The Morgan fingerprint density at radius 2 is 1.82 bits per heavy atom. The normalized spacial score (nSPS) is 16.8. The maximum atomic E-state index is 12.0. The lowest BCUT2D eigenvalue weighted by atomic mass is 10.00. The summed E-state index contributed by atoms with van der Waals surface area (Å²) in [6.07, 6.45) is 4.33. The molecule has 8 heteroatoms. The minimum Gasteiger partial charge on any atom is -0.378 e. The Morgan fingerprint density at radius 3 is 2.47 bits per heavy atom. The summed E-state index contributed by atoms with van der Waals surface area (Å²) in [7, 11) is 4.08. The van der Waals surface area contributed by atoms with Gasteiger partial charge in [0.15, 0.2) is 5.11 Å². The molecule has 2 atom stereocenters. The molecule has 0 spiro atoms. The van der Waals surface area contributed by atoms with E-state index in [1.807, 2.05) is 64.5 Å². The topological polar surface area (TPSA) is 65.4 Å². The van der Waals surface area contributed by atoms with Crippen molar-refractivity contribution < 1.29 is 4.79 Å². The van der Waals surface area contributed by atoms with Gasteiger partial charge in [-0.15, -0.1) is 0 Å². The van der Waals surface area contributed by atoms with E-state index in [0.29, 0.717) is 11.5 Å². The number of thiocarbonyl (C=S) groups is 1. The Balaban J connectivity index is 1.59. The zero-order valence-corrected chi connectivity index (χ0v) is 22.9. The summed E-state index contributed by atoms with van der Waals surface area (Å²) in [5, 5.41) is 7.15. The fourth-order valence-corrected chi connectivity index (χ4v) is 5.24. The minimum atomic E-state index is -0.156. The lowest BCUT2D eigenvalue weighted by molar-refractivity contribution is -0.115. The molecular weight excluding hydrogens is 492 g/mol. The van der Waals surface area contributed by atoms with Crippen molar-refractivity contribution in [2.24, 2.45) is 0 Å². The van der Waals surface area contributed by atoms with Gasteiger partial charge in [0.1, 0.15) is 6.04 Å². The van der Waals surface area contributed by atoms with Crippen LogP contribution in [0, 0.1) is 6.92 Å². The van der Waals surface area contributed by atoms with Crippen LogP contribution in [0.1, 0.15) is 42.4 Å². The molecule has 0 radical (unpaired) electrons. The monoisotopic (exact) mass is 524 g/mol. The highest BCUT2D eigenvalue weighted by Crippen LogP contribution is 2.43. The lowest BCUT2D eigenvalue weighted by Crippen LogP contribution is -2.30. The van der Waals surface area contributed by atoms with Gasteiger partial charge in [0.05, 0.1) is 11.7 Å².